The third kappa shape index (κ3) is 4.87. The van der Waals surface area contributed by atoms with Crippen LogP contribution in [-0.4, -0.2) is 60.9 Å². The number of carbonyl (C=O) groups excluding carboxylic acids is 2. The Morgan fingerprint density at radius 1 is 1.33 bits per heavy atom. The first-order valence-corrected chi connectivity index (χ1v) is 9.16. The fourth-order valence-corrected chi connectivity index (χ4v) is 3.14. The molecular formula is C16H13F4N3O5S2. The summed E-state index contributed by atoms with van der Waals surface area (Å²) >= 11 is 9.49. The highest BCUT2D eigenvalue weighted by atomic mass is 32.1. The maximum atomic E-state index is 14.5. The zero-order chi connectivity index (χ0) is 22.1. The normalized spacial score (nSPS) is 18.9. The van der Waals surface area contributed by atoms with E-state index in [0.29, 0.717) is 13.2 Å². The molecule has 1 aromatic carbocycles. The Balaban J connectivity index is 1.58. The molecule has 2 heterocycles. The largest absolute Gasteiger partial charge is 0.491 e. The molecular weight excluding hydrogens is 454 g/mol. The van der Waals surface area contributed by atoms with Crippen LogP contribution in [0.4, 0.5) is 33.7 Å². The number of nitrogens with one attached hydrogen (secondary N) is 1. The lowest BCUT2D eigenvalue weighted by molar-refractivity contribution is -0.191. The molecule has 0 radical (unpaired) electrons. The number of hydrogen-bond acceptors (Lipinski definition) is 7. The zero-order valence-electron chi connectivity index (χ0n) is 14.9. The van der Waals surface area contributed by atoms with Gasteiger partial charge in [-0.15, -0.1) is 0 Å². The van der Waals surface area contributed by atoms with Gasteiger partial charge >= 0.3 is 18.2 Å². The molecule has 1 atom stereocenters. The minimum Gasteiger partial charge on any atom is -0.469 e. The first-order chi connectivity index (χ1) is 14.1. The van der Waals surface area contributed by atoms with Crippen molar-refractivity contribution >= 4 is 58.2 Å². The predicted molar refractivity (Wildman–Crippen MR) is 103 cm³/mol. The van der Waals surface area contributed by atoms with Gasteiger partial charge in [0.25, 0.3) is 10.3 Å². The number of anilines is 2. The molecule has 0 unspecified atom stereocenters. The number of esters is 1. The molecule has 2 saturated heterocycles. The minimum atomic E-state index is -5.19. The van der Waals surface area contributed by atoms with Gasteiger partial charge in [0.1, 0.15) is 18.5 Å². The maximum Gasteiger partial charge on any atom is 0.491 e. The van der Waals surface area contributed by atoms with Gasteiger partial charge in [0, 0.05) is 0 Å². The summed E-state index contributed by atoms with van der Waals surface area (Å²) in [5.41, 5.74) is 0.407. The van der Waals surface area contributed by atoms with E-state index >= 15 is 0 Å². The van der Waals surface area contributed by atoms with Crippen LogP contribution >= 0.6 is 24.4 Å². The van der Waals surface area contributed by atoms with Gasteiger partial charge in [-0.2, -0.15) is 13.2 Å². The van der Waals surface area contributed by atoms with Crippen molar-refractivity contribution in [2.75, 3.05) is 36.0 Å². The van der Waals surface area contributed by atoms with Crippen LogP contribution in [0.1, 0.15) is 0 Å². The van der Waals surface area contributed by atoms with E-state index in [1.54, 1.807) is 0 Å². The molecule has 162 valence electrons. The monoisotopic (exact) mass is 467 g/mol. The standard InChI is InChI=1S/C16H13F4N3O5S2/c17-10-5-8(1-2-11(10)22-3-4-26-15(22)30)23-7-9(27-14(23)25)6-21-13(29)28-12(24)16(18,19)20/h1-2,5,9H,3-4,6-7H2,(H,21,29)/t9-/m0/s1. The highest BCUT2D eigenvalue weighted by Gasteiger charge is 2.42. The Labute approximate surface area is 177 Å². The molecule has 8 nitrogen and oxygen atoms in total. The number of benzene rings is 1. The Morgan fingerprint density at radius 2 is 2.07 bits per heavy atom. The van der Waals surface area contributed by atoms with Gasteiger partial charge < -0.3 is 19.5 Å². The van der Waals surface area contributed by atoms with Crippen molar-refractivity contribution in [3.63, 3.8) is 0 Å². The number of halogens is 4. The molecule has 1 N–H and O–H groups in total. The summed E-state index contributed by atoms with van der Waals surface area (Å²) in [5.74, 6) is -3.10. The fraction of sp³-hybridized carbons (Fsp3) is 0.375. The average molecular weight is 467 g/mol. The van der Waals surface area contributed by atoms with E-state index in [1.807, 2.05) is 0 Å². The van der Waals surface area contributed by atoms with Crippen LogP contribution < -0.4 is 15.1 Å². The maximum absolute atomic E-state index is 14.5. The lowest BCUT2D eigenvalue weighted by Gasteiger charge is -2.18. The summed E-state index contributed by atoms with van der Waals surface area (Å²) in [5, 5.41) is 1.59. The van der Waals surface area contributed by atoms with Crippen molar-refractivity contribution in [3.05, 3.63) is 24.0 Å². The molecule has 1 amide bonds. The minimum absolute atomic E-state index is 0.0360. The summed E-state index contributed by atoms with van der Waals surface area (Å²) in [6.07, 6.45) is -6.81. The number of nitrogens with zero attached hydrogens (tertiary/aromatic N) is 2. The van der Waals surface area contributed by atoms with Gasteiger partial charge in [0.05, 0.1) is 31.0 Å². The third-order valence-electron chi connectivity index (χ3n) is 4.06. The first kappa shape index (κ1) is 22.0. The lowest BCUT2D eigenvalue weighted by Crippen LogP contribution is -2.38. The quantitative estimate of drug-likeness (QED) is 0.408. The lowest BCUT2D eigenvalue weighted by atomic mass is 10.2. The van der Waals surface area contributed by atoms with Gasteiger partial charge in [-0.3, -0.25) is 9.80 Å². The van der Waals surface area contributed by atoms with Gasteiger partial charge in [-0.25, -0.2) is 14.0 Å². The number of cyclic esters (lactones) is 1. The predicted octanol–water partition coefficient (Wildman–Crippen LogP) is 2.25. The van der Waals surface area contributed by atoms with E-state index in [1.165, 1.54) is 17.0 Å². The van der Waals surface area contributed by atoms with E-state index in [4.69, 9.17) is 21.7 Å². The second-order valence-corrected chi connectivity index (χ2v) is 6.79. The molecule has 30 heavy (non-hydrogen) atoms. The van der Waals surface area contributed by atoms with Crippen LogP contribution in [0.25, 0.3) is 0 Å². The van der Waals surface area contributed by atoms with Crippen LogP contribution in [0, 0.1) is 5.82 Å². The van der Waals surface area contributed by atoms with E-state index in [-0.39, 0.29) is 29.6 Å². The number of rotatable bonds is 4. The number of alkyl halides is 3. The number of hydrogen-bond donors (Lipinski definition) is 1. The van der Waals surface area contributed by atoms with Crippen LogP contribution in [-0.2, 0) is 19.0 Å². The molecule has 0 aliphatic carbocycles. The van der Waals surface area contributed by atoms with E-state index in [0.717, 1.165) is 11.0 Å². The molecule has 0 spiro atoms. The number of carbonyl (C=O) groups is 2. The Kier molecular flexibility index (Phi) is 6.26. The van der Waals surface area contributed by atoms with Crippen molar-refractivity contribution in [2.45, 2.75) is 12.3 Å². The molecule has 1 aromatic rings. The van der Waals surface area contributed by atoms with Crippen molar-refractivity contribution < 1.29 is 41.4 Å². The van der Waals surface area contributed by atoms with Gasteiger partial charge in [0.15, 0.2) is 0 Å². The van der Waals surface area contributed by atoms with Gasteiger partial charge in [-0.1, -0.05) is 0 Å². The topological polar surface area (TPSA) is 80.3 Å². The highest BCUT2D eigenvalue weighted by molar-refractivity contribution is 7.80. The molecule has 3 rings (SSSR count). The number of amides is 1. The van der Waals surface area contributed by atoms with E-state index < -0.39 is 35.3 Å². The molecule has 0 bridgehead atoms. The molecule has 0 saturated carbocycles. The summed E-state index contributed by atoms with van der Waals surface area (Å²) in [7, 11) is 0. The molecule has 2 aliphatic rings. The van der Waals surface area contributed by atoms with Crippen molar-refractivity contribution in [2.24, 2.45) is 0 Å². The third-order valence-corrected chi connectivity index (χ3v) is 4.63. The number of thiocarbonyl (C=S) groups is 2. The van der Waals surface area contributed by atoms with E-state index in [9.17, 15) is 27.2 Å². The zero-order valence-corrected chi connectivity index (χ0v) is 16.5. The molecule has 2 fully saturated rings. The summed E-state index contributed by atoms with van der Waals surface area (Å²) in [6.45, 7) is 0.485. The van der Waals surface area contributed by atoms with Crippen LogP contribution in [0.3, 0.4) is 0 Å². The molecule has 2 aliphatic heterocycles. The van der Waals surface area contributed by atoms with Crippen LogP contribution in [0.15, 0.2) is 18.2 Å². The van der Waals surface area contributed by atoms with Gasteiger partial charge in [0.2, 0.25) is 0 Å². The second kappa shape index (κ2) is 8.55. The Bertz CT molecular complexity index is 898. The Hall–Kier alpha value is -2.74. The SMILES string of the molecule is O=C1O[C@@H](CNC(=S)OC(=O)C(F)(F)F)CN1c1ccc(N2CCOC2=S)c(F)c1. The van der Waals surface area contributed by atoms with Crippen LogP contribution in [0.5, 0.6) is 0 Å². The van der Waals surface area contributed by atoms with E-state index in [2.05, 4.69) is 22.3 Å². The van der Waals surface area contributed by atoms with Crippen molar-refractivity contribution in [1.29, 1.82) is 0 Å². The average Bonchev–Trinajstić information content (AvgIpc) is 3.24. The smallest absolute Gasteiger partial charge is 0.469 e. The number of ether oxygens (including phenoxy) is 3. The van der Waals surface area contributed by atoms with Gasteiger partial charge in [-0.05, 0) is 42.6 Å². The Morgan fingerprint density at radius 3 is 2.67 bits per heavy atom. The molecule has 14 heteroatoms. The summed E-state index contributed by atoms with van der Waals surface area (Å²) < 4.78 is 65.0. The summed E-state index contributed by atoms with van der Waals surface area (Å²) in [4.78, 5) is 25.4. The fourth-order valence-electron chi connectivity index (χ4n) is 2.71. The van der Waals surface area contributed by atoms with Crippen LogP contribution in [0.2, 0.25) is 0 Å². The second-order valence-electron chi connectivity index (χ2n) is 6.07. The summed E-state index contributed by atoms with van der Waals surface area (Å²) in [6, 6.07) is 4.06. The van der Waals surface area contributed by atoms with Crippen molar-refractivity contribution in [3.8, 4) is 0 Å². The van der Waals surface area contributed by atoms with Crippen molar-refractivity contribution in [1.82, 2.24) is 5.32 Å². The molecule has 0 aromatic heterocycles. The highest BCUT2D eigenvalue weighted by Crippen LogP contribution is 2.29. The first-order valence-electron chi connectivity index (χ1n) is 8.35.